The summed E-state index contributed by atoms with van der Waals surface area (Å²) in [5.74, 6) is 0.172. The van der Waals surface area contributed by atoms with Crippen molar-refractivity contribution in [2.24, 2.45) is 0 Å². The van der Waals surface area contributed by atoms with Crippen LogP contribution < -0.4 is 15.0 Å². The first-order valence-corrected chi connectivity index (χ1v) is 13.2. The summed E-state index contributed by atoms with van der Waals surface area (Å²) in [5.41, 5.74) is 1.80. The zero-order valence-corrected chi connectivity index (χ0v) is 20.3. The van der Waals surface area contributed by atoms with Crippen LogP contribution in [0.2, 0.25) is 0 Å². The molecular weight excluding hydrogens is 454 g/mol. The van der Waals surface area contributed by atoms with Gasteiger partial charge in [-0.3, -0.25) is 9.59 Å². The zero-order chi connectivity index (χ0) is 24.1. The molecule has 0 spiro atoms. The number of hydrogen-bond donors (Lipinski definition) is 1. The van der Waals surface area contributed by atoms with E-state index < -0.39 is 15.9 Å². The normalized spacial score (nSPS) is 17.4. The molecule has 4 rings (SSSR count). The molecule has 2 aromatic carbocycles. The third-order valence-corrected chi connectivity index (χ3v) is 8.27. The van der Waals surface area contributed by atoms with Gasteiger partial charge in [0.25, 0.3) is 5.91 Å². The molecular formula is C25H31N3O5S. The first kappa shape index (κ1) is 24.2. The van der Waals surface area contributed by atoms with Gasteiger partial charge in [-0.1, -0.05) is 25.0 Å². The van der Waals surface area contributed by atoms with Crippen molar-refractivity contribution in [2.75, 3.05) is 36.5 Å². The molecule has 0 aromatic heterocycles. The summed E-state index contributed by atoms with van der Waals surface area (Å²) in [5, 5.41) is 2.73. The van der Waals surface area contributed by atoms with Gasteiger partial charge in [-0.05, 0) is 56.0 Å². The molecule has 1 N–H and O–H groups in total. The van der Waals surface area contributed by atoms with Crippen molar-refractivity contribution in [3.8, 4) is 5.75 Å². The van der Waals surface area contributed by atoms with Crippen molar-refractivity contribution in [3.63, 3.8) is 0 Å². The zero-order valence-electron chi connectivity index (χ0n) is 19.5. The molecule has 2 aliphatic heterocycles. The van der Waals surface area contributed by atoms with Crippen LogP contribution in [0, 0.1) is 6.92 Å². The minimum absolute atomic E-state index is 0.0835. The Bertz CT molecular complexity index is 1160. The molecule has 0 saturated carbocycles. The van der Waals surface area contributed by atoms with Crippen LogP contribution in [0.4, 0.5) is 11.4 Å². The minimum atomic E-state index is -3.63. The third-order valence-electron chi connectivity index (χ3n) is 6.23. The van der Waals surface area contributed by atoms with E-state index in [2.05, 4.69) is 5.32 Å². The molecule has 9 heteroatoms. The first-order valence-electron chi connectivity index (χ1n) is 11.8. The number of ether oxygens (including phenoxy) is 1. The van der Waals surface area contributed by atoms with Gasteiger partial charge in [0.15, 0.2) is 6.61 Å². The Hall–Kier alpha value is -2.91. The second-order valence-electron chi connectivity index (χ2n) is 8.78. The van der Waals surface area contributed by atoms with Crippen LogP contribution in [0.25, 0.3) is 0 Å². The van der Waals surface area contributed by atoms with Crippen molar-refractivity contribution in [1.29, 1.82) is 0 Å². The summed E-state index contributed by atoms with van der Waals surface area (Å²) in [6, 6.07) is 12.0. The van der Waals surface area contributed by atoms with Crippen LogP contribution >= 0.6 is 0 Å². The number of hydrogen-bond acceptors (Lipinski definition) is 5. The average Bonchev–Trinajstić information content (AvgIpc) is 3.06. The highest BCUT2D eigenvalue weighted by Gasteiger charge is 2.27. The van der Waals surface area contributed by atoms with E-state index >= 15 is 0 Å². The van der Waals surface area contributed by atoms with Crippen molar-refractivity contribution in [2.45, 2.75) is 50.3 Å². The predicted octanol–water partition coefficient (Wildman–Crippen LogP) is 3.70. The van der Waals surface area contributed by atoms with E-state index in [0.717, 1.165) is 37.8 Å². The molecule has 0 bridgehead atoms. The van der Waals surface area contributed by atoms with E-state index in [4.69, 9.17) is 4.74 Å². The SMILES string of the molecule is Cc1ccc(NC(=O)COc2cccc(N3CCCC3=O)c2)cc1S(=O)(=O)N1CCCCCC1. The van der Waals surface area contributed by atoms with Gasteiger partial charge in [-0.2, -0.15) is 4.31 Å². The van der Waals surface area contributed by atoms with Gasteiger partial charge in [0.1, 0.15) is 5.75 Å². The number of rotatable bonds is 7. The summed E-state index contributed by atoms with van der Waals surface area (Å²) < 4.78 is 33.6. The Morgan fingerprint density at radius 2 is 1.76 bits per heavy atom. The molecule has 34 heavy (non-hydrogen) atoms. The fraction of sp³-hybridized carbons (Fsp3) is 0.440. The highest BCUT2D eigenvalue weighted by Crippen LogP contribution is 2.27. The predicted molar refractivity (Wildman–Crippen MR) is 131 cm³/mol. The van der Waals surface area contributed by atoms with E-state index in [1.165, 1.54) is 6.07 Å². The van der Waals surface area contributed by atoms with Gasteiger partial charge >= 0.3 is 0 Å². The van der Waals surface area contributed by atoms with Crippen LogP contribution in [-0.4, -0.2) is 50.8 Å². The molecule has 2 aromatic rings. The maximum Gasteiger partial charge on any atom is 0.262 e. The lowest BCUT2D eigenvalue weighted by molar-refractivity contribution is -0.118. The fourth-order valence-corrected chi connectivity index (χ4v) is 6.15. The molecule has 8 nitrogen and oxygen atoms in total. The lowest BCUT2D eigenvalue weighted by Crippen LogP contribution is -2.32. The van der Waals surface area contributed by atoms with Gasteiger partial charge in [0.05, 0.1) is 4.90 Å². The number of anilines is 2. The number of carbonyl (C=O) groups is 2. The summed E-state index contributed by atoms with van der Waals surface area (Å²) in [6.07, 6.45) is 5.17. The van der Waals surface area contributed by atoms with Gasteiger partial charge in [-0.25, -0.2) is 8.42 Å². The van der Waals surface area contributed by atoms with Crippen LogP contribution in [0.1, 0.15) is 44.1 Å². The lowest BCUT2D eigenvalue weighted by atomic mass is 10.2. The van der Waals surface area contributed by atoms with Crippen molar-refractivity contribution in [1.82, 2.24) is 4.31 Å². The van der Waals surface area contributed by atoms with E-state index in [1.807, 2.05) is 6.07 Å². The second-order valence-corrected chi connectivity index (χ2v) is 10.7. The summed E-state index contributed by atoms with van der Waals surface area (Å²) >= 11 is 0. The van der Waals surface area contributed by atoms with E-state index in [1.54, 1.807) is 46.5 Å². The number of benzene rings is 2. The van der Waals surface area contributed by atoms with Crippen LogP contribution in [0.5, 0.6) is 5.75 Å². The quantitative estimate of drug-likeness (QED) is 0.645. The second kappa shape index (κ2) is 10.6. The number of amides is 2. The number of nitrogens with one attached hydrogen (secondary N) is 1. The summed E-state index contributed by atoms with van der Waals surface area (Å²) in [7, 11) is -3.63. The molecule has 2 fully saturated rings. The molecule has 2 saturated heterocycles. The summed E-state index contributed by atoms with van der Waals surface area (Å²) in [6.45, 7) is 3.25. The highest BCUT2D eigenvalue weighted by molar-refractivity contribution is 7.89. The summed E-state index contributed by atoms with van der Waals surface area (Å²) in [4.78, 5) is 26.4. The third kappa shape index (κ3) is 5.59. The molecule has 0 atom stereocenters. The molecule has 0 radical (unpaired) electrons. The molecule has 2 aliphatic rings. The number of carbonyl (C=O) groups excluding carboxylic acids is 2. The monoisotopic (exact) mass is 485 g/mol. The van der Waals surface area contributed by atoms with Gasteiger partial charge in [0.2, 0.25) is 15.9 Å². The molecule has 0 aliphatic carbocycles. The average molecular weight is 486 g/mol. The number of aryl methyl sites for hydroxylation is 1. The Labute approximate surface area is 200 Å². The molecule has 2 amide bonds. The fourth-order valence-electron chi connectivity index (χ4n) is 4.39. The minimum Gasteiger partial charge on any atom is -0.484 e. The van der Waals surface area contributed by atoms with Crippen molar-refractivity contribution < 1.29 is 22.7 Å². The maximum absolute atomic E-state index is 13.2. The standard InChI is InChI=1S/C25H31N3O5S/c1-19-11-12-20(16-23(19)34(31,32)27-13-4-2-3-5-14-27)26-24(29)18-33-22-9-6-8-21(17-22)28-15-7-10-25(28)30/h6,8-9,11-12,16-17H,2-5,7,10,13-15,18H2,1H3,(H,26,29). The molecule has 2 heterocycles. The van der Waals surface area contributed by atoms with Crippen LogP contribution in [-0.2, 0) is 19.6 Å². The van der Waals surface area contributed by atoms with Crippen molar-refractivity contribution in [3.05, 3.63) is 48.0 Å². The van der Waals surface area contributed by atoms with Crippen LogP contribution in [0.3, 0.4) is 0 Å². The van der Waals surface area contributed by atoms with E-state index in [9.17, 15) is 18.0 Å². The molecule has 0 unspecified atom stereocenters. The van der Waals surface area contributed by atoms with E-state index in [0.29, 0.717) is 43.1 Å². The first-order chi connectivity index (χ1) is 16.3. The maximum atomic E-state index is 13.2. The topological polar surface area (TPSA) is 96.0 Å². The van der Waals surface area contributed by atoms with Crippen LogP contribution in [0.15, 0.2) is 47.4 Å². The molecule has 182 valence electrons. The van der Waals surface area contributed by atoms with Gasteiger partial charge in [-0.15, -0.1) is 0 Å². The Balaban J connectivity index is 1.40. The smallest absolute Gasteiger partial charge is 0.262 e. The Morgan fingerprint density at radius 3 is 2.47 bits per heavy atom. The van der Waals surface area contributed by atoms with Crippen molar-refractivity contribution >= 4 is 33.2 Å². The van der Waals surface area contributed by atoms with E-state index in [-0.39, 0.29) is 17.4 Å². The Kier molecular flexibility index (Phi) is 7.53. The number of nitrogens with zero attached hydrogens (tertiary/aromatic N) is 2. The number of sulfonamides is 1. The largest absolute Gasteiger partial charge is 0.484 e. The van der Waals surface area contributed by atoms with Gasteiger partial charge in [0, 0.05) is 43.5 Å². The highest BCUT2D eigenvalue weighted by atomic mass is 32.2. The Morgan fingerprint density at radius 1 is 1.00 bits per heavy atom. The lowest BCUT2D eigenvalue weighted by Gasteiger charge is -2.21. The van der Waals surface area contributed by atoms with Gasteiger partial charge < -0.3 is 15.0 Å².